The standard InChI is InChI=1S/C23H23N3O3/c1-4-29-23(28)18-9-5-6-10-20(18)26-22(27)21-14-17(12-13-24-21)25-19-11-7-8-15(2)16(19)3/h5-14H,4H2,1-3H3,(H,24,25)(H,26,27). The zero-order valence-corrected chi connectivity index (χ0v) is 16.7. The van der Waals surface area contributed by atoms with Gasteiger partial charge in [0, 0.05) is 17.6 Å². The first-order chi connectivity index (χ1) is 14.0. The number of esters is 1. The van der Waals surface area contributed by atoms with Crippen LogP contribution in [0.4, 0.5) is 17.1 Å². The van der Waals surface area contributed by atoms with E-state index >= 15 is 0 Å². The molecule has 2 N–H and O–H groups in total. The number of rotatable bonds is 6. The lowest BCUT2D eigenvalue weighted by Gasteiger charge is -2.13. The molecule has 0 aliphatic rings. The minimum absolute atomic E-state index is 0.235. The van der Waals surface area contributed by atoms with Gasteiger partial charge in [-0.3, -0.25) is 9.78 Å². The predicted octanol–water partition coefficient (Wildman–Crippen LogP) is 4.87. The predicted molar refractivity (Wildman–Crippen MR) is 114 cm³/mol. The Labute approximate surface area is 169 Å². The maximum atomic E-state index is 12.7. The summed E-state index contributed by atoms with van der Waals surface area (Å²) in [6.45, 7) is 6.08. The van der Waals surface area contributed by atoms with E-state index in [2.05, 4.69) is 15.6 Å². The maximum absolute atomic E-state index is 12.7. The smallest absolute Gasteiger partial charge is 0.340 e. The SMILES string of the molecule is CCOC(=O)c1ccccc1NC(=O)c1cc(Nc2cccc(C)c2C)ccn1. The summed E-state index contributed by atoms with van der Waals surface area (Å²) in [5.41, 5.74) is 4.95. The van der Waals surface area contributed by atoms with Crippen molar-refractivity contribution in [2.75, 3.05) is 17.2 Å². The van der Waals surface area contributed by atoms with Crippen molar-refractivity contribution in [3.8, 4) is 0 Å². The number of nitrogens with one attached hydrogen (secondary N) is 2. The van der Waals surface area contributed by atoms with Gasteiger partial charge >= 0.3 is 5.97 Å². The summed E-state index contributed by atoms with van der Waals surface area (Å²) >= 11 is 0. The molecule has 1 aromatic heterocycles. The molecule has 0 aliphatic carbocycles. The lowest BCUT2D eigenvalue weighted by molar-refractivity contribution is 0.0527. The van der Waals surface area contributed by atoms with E-state index in [1.165, 1.54) is 5.56 Å². The van der Waals surface area contributed by atoms with E-state index in [9.17, 15) is 9.59 Å². The van der Waals surface area contributed by atoms with Crippen molar-refractivity contribution >= 4 is 28.9 Å². The van der Waals surface area contributed by atoms with E-state index in [-0.39, 0.29) is 12.3 Å². The van der Waals surface area contributed by atoms with Gasteiger partial charge in [-0.25, -0.2) is 4.79 Å². The Kier molecular flexibility index (Phi) is 6.24. The van der Waals surface area contributed by atoms with E-state index < -0.39 is 11.9 Å². The molecule has 0 saturated heterocycles. The monoisotopic (exact) mass is 389 g/mol. The van der Waals surface area contributed by atoms with Crippen LogP contribution in [0.15, 0.2) is 60.8 Å². The zero-order valence-electron chi connectivity index (χ0n) is 16.7. The Morgan fingerprint density at radius 1 is 1.00 bits per heavy atom. The summed E-state index contributed by atoms with van der Waals surface area (Å²) in [4.78, 5) is 29.0. The summed E-state index contributed by atoms with van der Waals surface area (Å²) in [5.74, 6) is -0.895. The van der Waals surface area contributed by atoms with Crippen molar-refractivity contribution in [1.29, 1.82) is 0 Å². The molecular weight excluding hydrogens is 366 g/mol. The molecule has 0 bridgehead atoms. The lowest BCUT2D eigenvalue weighted by atomic mass is 10.1. The van der Waals surface area contributed by atoms with Crippen molar-refractivity contribution in [3.63, 3.8) is 0 Å². The van der Waals surface area contributed by atoms with Crippen molar-refractivity contribution in [2.45, 2.75) is 20.8 Å². The topological polar surface area (TPSA) is 80.3 Å². The molecule has 0 aliphatic heterocycles. The third kappa shape index (κ3) is 4.79. The van der Waals surface area contributed by atoms with Gasteiger partial charge in [-0.2, -0.15) is 0 Å². The van der Waals surface area contributed by atoms with Crippen LogP contribution >= 0.6 is 0 Å². The van der Waals surface area contributed by atoms with Gasteiger partial charge in [-0.05, 0) is 62.2 Å². The number of ether oxygens (including phenoxy) is 1. The van der Waals surface area contributed by atoms with Gasteiger partial charge in [0.2, 0.25) is 0 Å². The summed E-state index contributed by atoms with van der Waals surface area (Å²) in [7, 11) is 0. The second-order valence-corrected chi connectivity index (χ2v) is 6.52. The molecule has 0 fully saturated rings. The fourth-order valence-corrected chi connectivity index (χ4v) is 2.84. The van der Waals surface area contributed by atoms with Gasteiger partial charge in [0.25, 0.3) is 5.91 Å². The average molecular weight is 389 g/mol. The van der Waals surface area contributed by atoms with Gasteiger partial charge in [-0.15, -0.1) is 0 Å². The molecule has 0 unspecified atom stereocenters. The molecule has 6 nitrogen and oxygen atoms in total. The van der Waals surface area contributed by atoms with Crippen LogP contribution in [0.1, 0.15) is 38.9 Å². The molecule has 2 aromatic carbocycles. The molecule has 29 heavy (non-hydrogen) atoms. The van der Waals surface area contributed by atoms with E-state index in [0.717, 1.165) is 16.9 Å². The molecular formula is C23H23N3O3. The number of anilines is 3. The van der Waals surface area contributed by atoms with E-state index in [0.29, 0.717) is 11.3 Å². The Hall–Kier alpha value is -3.67. The number of pyridine rings is 1. The summed E-state index contributed by atoms with van der Waals surface area (Å²) in [6, 6.07) is 16.2. The number of carbonyl (C=O) groups excluding carboxylic acids is 2. The van der Waals surface area contributed by atoms with E-state index in [1.807, 2.05) is 32.0 Å². The van der Waals surface area contributed by atoms with Gasteiger partial charge < -0.3 is 15.4 Å². The number of carbonyl (C=O) groups is 2. The van der Waals surface area contributed by atoms with Gasteiger partial charge in [0.15, 0.2) is 0 Å². The lowest BCUT2D eigenvalue weighted by Crippen LogP contribution is -2.17. The molecule has 0 atom stereocenters. The van der Waals surface area contributed by atoms with Crippen LogP contribution in [0.25, 0.3) is 0 Å². The average Bonchev–Trinajstić information content (AvgIpc) is 2.72. The van der Waals surface area contributed by atoms with Crippen molar-refractivity contribution in [3.05, 3.63) is 83.2 Å². The van der Waals surface area contributed by atoms with E-state index in [1.54, 1.807) is 49.5 Å². The third-order valence-electron chi connectivity index (χ3n) is 4.55. The number of hydrogen-bond donors (Lipinski definition) is 2. The number of nitrogens with zero attached hydrogens (tertiary/aromatic N) is 1. The Morgan fingerprint density at radius 2 is 1.76 bits per heavy atom. The fraction of sp³-hybridized carbons (Fsp3) is 0.174. The van der Waals surface area contributed by atoms with Crippen LogP contribution in [-0.2, 0) is 4.74 Å². The third-order valence-corrected chi connectivity index (χ3v) is 4.55. The number of amides is 1. The molecule has 0 saturated carbocycles. The Morgan fingerprint density at radius 3 is 2.55 bits per heavy atom. The van der Waals surface area contributed by atoms with Crippen LogP contribution in [0, 0.1) is 13.8 Å². The highest BCUT2D eigenvalue weighted by Gasteiger charge is 2.16. The Balaban J connectivity index is 1.80. The largest absolute Gasteiger partial charge is 0.462 e. The molecule has 3 rings (SSSR count). The summed E-state index contributed by atoms with van der Waals surface area (Å²) in [6.07, 6.45) is 1.57. The molecule has 0 radical (unpaired) electrons. The quantitative estimate of drug-likeness (QED) is 0.588. The van der Waals surface area contributed by atoms with Crippen LogP contribution in [-0.4, -0.2) is 23.5 Å². The fourth-order valence-electron chi connectivity index (χ4n) is 2.84. The first-order valence-corrected chi connectivity index (χ1v) is 9.36. The summed E-state index contributed by atoms with van der Waals surface area (Å²) < 4.78 is 5.05. The maximum Gasteiger partial charge on any atom is 0.340 e. The molecule has 0 spiro atoms. The van der Waals surface area contributed by atoms with Gasteiger partial charge in [0.05, 0.1) is 17.9 Å². The second kappa shape index (κ2) is 9.01. The highest BCUT2D eigenvalue weighted by Crippen LogP contribution is 2.23. The number of para-hydroxylation sites is 1. The molecule has 148 valence electrons. The summed E-state index contributed by atoms with van der Waals surface area (Å²) in [5, 5.41) is 6.07. The minimum atomic E-state index is -0.485. The number of hydrogen-bond acceptors (Lipinski definition) is 5. The highest BCUT2D eigenvalue weighted by molar-refractivity contribution is 6.07. The first kappa shape index (κ1) is 20.1. The normalized spacial score (nSPS) is 10.3. The first-order valence-electron chi connectivity index (χ1n) is 9.36. The van der Waals surface area contributed by atoms with Crippen LogP contribution in [0.2, 0.25) is 0 Å². The van der Waals surface area contributed by atoms with Crippen molar-refractivity contribution in [1.82, 2.24) is 4.98 Å². The van der Waals surface area contributed by atoms with Crippen molar-refractivity contribution in [2.24, 2.45) is 0 Å². The van der Waals surface area contributed by atoms with Crippen LogP contribution in [0.5, 0.6) is 0 Å². The number of aryl methyl sites for hydroxylation is 1. The Bertz CT molecular complexity index is 1050. The molecule has 6 heteroatoms. The van der Waals surface area contributed by atoms with Crippen LogP contribution in [0.3, 0.4) is 0 Å². The van der Waals surface area contributed by atoms with Crippen molar-refractivity contribution < 1.29 is 14.3 Å². The molecule has 1 heterocycles. The molecule has 3 aromatic rings. The molecule has 1 amide bonds. The van der Waals surface area contributed by atoms with Gasteiger partial charge in [0.1, 0.15) is 5.69 Å². The minimum Gasteiger partial charge on any atom is -0.462 e. The van der Waals surface area contributed by atoms with Gasteiger partial charge in [-0.1, -0.05) is 24.3 Å². The zero-order chi connectivity index (χ0) is 20.8. The van der Waals surface area contributed by atoms with E-state index in [4.69, 9.17) is 4.74 Å². The number of aromatic nitrogens is 1. The highest BCUT2D eigenvalue weighted by atomic mass is 16.5. The second-order valence-electron chi connectivity index (χ2n) is 6.52. The number of benzene rings is 2. The van der Waals surface area contributed by atoms with Crippen LogP contribution < -0.4 is 10.6 Å².